The summed E-state index contributed by atoms with van der Waals surface area (Å²) in [5, 5.41) is 0. The number of likely N-dealkylation sites (N-methyl/N-ethyl adjacent to an activating group) is 1. The van der Waals surface area contributed by atoms with E-state index in [9.17, 15) is 0 Å². The third-order valence-corrected chi connectivity index (χ3v) is 4.59. The molecule has 1 aliphatic heterocycles. The Balaban J connectivity index is 2.02. The fourth-order valence-electron chi connectivity index (χ4n) is 2.78. The highest BCUT2D eigenvalue weighted by molar-refractivity contribution is 5.29. The summed E-state index contributed by atoms with van der Waals surface area (Å²) in [4.78, 5) is 4.90. The second kappa shape index (κ2) is 6.57. The van der Waals surface area contributed by atoms with Gasteiger partial charge >= 0.3 is 0 Å². The van der Waals surface area contributed by atoms with Crippen LogP contribution < -0.4 is 10.5 Å². The Kier molecular flexibility index (Phi) is 5.02. The predicted molar refractivity (Wildman–Crippen MR) is 83.0 cm³/mol. The van der Waals surface area contributed by atoms with Crippen LogP contribution in [0.15, 0.2) is 24.3 Å². The standard InChI is InChI=1S/C16H27N3O/c1-12-11-19(10-9-18(12)3)13(2)16(17)14-5-7-15(20-4)8-6-14/h5-8,12-13,16H,9-11,17H2,1-4H3. The van der Waals surface area contributed by atoms with Crippen molar-refractivity contribution in [3.8, 4) is 5.75 Å². The van der Waals surface area contributed by atoms with Crippen molar-refractivity contribution < 1.29 is 4.74 Å². The number of hydrogen-bond donors (Lipinski definition) is 1. The predicted octanol–water partition coefficient (Wildman–Crippen LogP) is 1.72. The lowest BCUT2D eigenvalue weighted by Crippen LogP contribution is -2.54. The van der Waals surface area contributed by atoms with Gasteiger partial charge in [0.15, 0.2) is 0 Å². The first-order chi connectivity index (χ1) is 9.52. The van der Waals surface area contributed by atoms with Gasteiger partial charge in [0.25, 0.3) is 0 Å². The van der Waals surface area contributed by atoms with Gasteiger partial charge in [0.05, 0.1) is 7.11 Å². The minimum absolute atomic E-state index is 0.0384. The average molecular weight is 277 g/mol. The molecule has 0 aliphatic carbocycles. The van der Waals surface area contributed by atoms with Crippen LogP contribution in [0.4, 0.5) is 0 Å². The molecule has 3 unspecified atom stereocenters. The van der Waals surface area contributed by atoms with E-state index in [4.69, 9.17) is 10.5 Å². The SMILES string of the molecule is COc1ccc(C(N)C(C)N2CCN(C)C(C)C2)cc1. The molecule has 112 valence electrons. The van der Waals surface area contributed by atoms with Gasteiger partial charge in [0.1, 0.15) is 5.75 Å². The summed E-state index contributed by atoms with van der Waals surface area (Å²) in [6.45, 7) is 7.79. The zero-order valence-electron chi connectivity index (χ0n) is 13.0. The van der Waals surface area contributed by atoms with Crippen molar-refractivity contribution in [3.63, 3.8) is 0 Å². The summed E-state index contributed by atoms with van der Waals surface area (Å²) >= 11 is 0. The molecular weight excluding hydrogens is 250 g/mol. The molecule has 1 heterocycles. The molecule has 3 atom stereocenters. The number of nitrogens with zero attached hydrogens (tertiary/aromatic N) is 2. The number of methoxy groups -OCH3 is 1. The molecule has 0 radical (unpaired) electrons. The minimum atomic E-state index is 0.0384. The van der Waals surface area contributed by atoms with E-state index in [-0.39, 0.29) is 6.04 Å². The number of ether oxygens (including phenoxy) is 1. The van der Waals surface area contributed by atoms with Crippen LogP contribution in [0.5, 0.6) is 5.75 Å². The number of rotatable bonds is 4. The second-order valence-electron chi connectivity index (χ2n) is 5.86. The molecule has 0 aromatic heterocycles. The van der Waals surface area contributed by atoms with Gasteiger partial charge in [0, 0.05) is 37.8 Å². The number of hydrogen-bond acceptors (Lipinski definition) is 4. The van der Waals surface area contributed by atoms with Crippen molar-refractivity contribution in [2.45, 2.75) is 32.0 Å². The van der Waals surface area contributed by atoms with Crippen LogP contribution in [0.2, 0.25) is 0 Å². The van der Waals surface area contributed by atoms with Crippen LogP contribution in [0, 0.1) is 0 Å². The smallest absolute Gasteiger partial charge is 0.118 e. The van der Waals surface area contributed by atoms with E-state index >= 15 is 0 Å². The summed E-state index contributed by atoms with van der Waals surface area (Å²) in [7, 11) is 3.87. The van der Waals surface area contributed by atoms with Crippen molar-refractivity contribution in [3.05, 3.63) is 29.8 Å². The van der Waals surface area contributed by atoms with Gasteiger partial charge in [-0.05, 0) is 38.6 Å². The summed E-state index contributed by atoms with van der Waals surface area (Å²) in [6, 6.07) is 9.08. The number of benzene rings is 1. The summed E-state index contributed by atoms with van der Waals surface area (Å²) in [6.07, 6.45) is 0. The van der Waals surface area contributed by atoms with Gasteiger partial charge in [0.2, 0.25) is 0 Å². The molecule has 2 N–H and O–H groups in total. The van der Waals surface area contributed by atoms with E-state index in [0.29, 0.717) is 12.1 Å². The van der Waals surface area contributed by atoms with Gasteiger partial charge in [-0.25, -0.2) is 0 Å². The fourth-order valence-corrected chi connectivity index (χ4v) is 2.78. The van der Waals surface area contributed by atoms with E-state index in [2.05, 4.69) is 42.8 Å². The summed E-state index contributed by atoms with van der Waals surface area (Å²) < 4.78 is 5.19. The Morgan fingerprint density at radius 3 is 2.45 bits per heavy atom. The Morgan fingerprint density at radius 1 is 1.25 bits per heavy atom. The van der Waals surface area contributed by atoms with Crippen LogP contribution in [0.3, 0.4) is 0 Å². The van der Waals surface area contributed by atoms with Crippen molar-refractivity contribution in [2.24, 2.45) is 5.73 Å². The lowest BCUT2D eigenvalue weighted by Gasteiger charge is -2.42. The second-order valence-corrected chi connectivity index (χ2v) is 5.86. The first-order valence-electron chi connectivity index (χ1n) is 7.36. The van der Waals surface area contributed by atoms with Crippen molar-refractivity contribution in [1.29, 1.82) is 0 Å². The molecule has 2 rings (SSSR count). The van der Waals surface area contributed by atoms with Gasteiger partial charge in [-0.3, -0.25) is 4.90 Å². The molecule has 1 saturated heterocycles. The van der Waals surface area contributed by atoms with Crippen LogP contribution >= 0.6 is 0 Å². The van der Waals surface area contributed by atoms with E-state index in [1.165, 1.54) is 5.56 Å². The van der Waals surface area contributed by atoms with Crippen molar-refractivity contribution >= 4 is 0 Å². The maximum absolute atomic E-state index is 6.44. The molecule has 1 fully saturated rings. The molecule has 0 saturated carbocycles. The molecule has 0 spiro atoms. The Hall–Kier alpha value is -1.10. The zero-order valence-corrected chi connectivity index (χ0v) is 13.0. The minimum Gasteiger partial charge on any atom is -0.497 e. The Labute approximate surface area is 122 Å². The lowest BCUT2D eigenvalue weighted by atomic mass is 9.99. The van der Waals surface area contributed by atoms with Crippen LogP contribution in [0.1, 0.15) is 25.5 Å². The Bertz CT molecular complexity index is 420. The first-order valence-corrected chi connectivity index (χ1v) is 7.36. The van der Waals surface area contributed by atoms with Crippen LogP contribution in [-0.4, -0.2) is 55.7 Å². The van der Waals surface area contributed by atoms with E-state index in [1.54, 1.807) is 7.11 Å². The average Bonchev–Trinajstić information content (AvgIpc) is 2.48. The third kappa shape index (κ3) is 3.32. The molecule has 0 bridgehead atoms. The van der Waals surface area contributed by atoms with Gasteiger partial charge in [-0.15, -0.1) is 0 Å². The summed E-state index contributed by atoms with van der Waals surface area (Å²) in [5.74, 6) is 0.877. The monoisotopic (exact) mass is 277 g/mol. The van der Waals surface area contributed by atoms with Crippen molar-refractivity contribution in [2.75, 3.05) is 33.8 Å². The van der Waals surface area contributed by atoms with Crippen LogP contribution in [-0.2, 0) is 0 Å². The zero-order chi connectivity index (χ0) is 14.7. The largest absolute Gasteiger partial charge is 0.497 e. The van der Waals surface area contributed by atoms with E-state index in [1.807, 2.05) is 12.1 Å². The van der Waals surface area contributed by atoms with E-state index < -0.39 is 0 Å². The maximum atomic E-state index is 6.44. The highest BCUT2D eigenvalue weighted by Gasteiger charge is 2.27. The molecular formula is C16H27N3O. The molecule has 20 heavy (non-hydrogen) atoms. The molecule has 0 amide bonds. The van der Waals surface area contributed by atoms with Crippen molar-refractivity contribution in [1.82, 2.24) is 9.80 Å². The van der Waals surface area contributed by atoms with E-state index in [0.717, 1.165) is 25.4 Å². The van der Waals surface area contributed by atoms with Crippen LogP contribution in [0.25, 0.3) is 0 Å². The highest BCUT2D eigenvalue weighted by Crippen LogP contribution is 2.23. The molecule has 4 nitrogen and oxygen atoms in total. The lowest BCUT2D eigenvalue weighted by molar-refractivity contribution is 0.0686. The normalized spacial score (nSPS) is 24.4. The fraction of sp³-hybridized carbons (Fsp3) is 0.625. The highest BCUT2D eigenvalue weighted by atomic mass is 16.5. The summed E-state index contributed by atoms with van der Waals surface area (Å²) in [5.41, 5.74) is 7.62. The molecule has 4 heteroatoms. The maximum Gasteiger partial charge on any atom is 0.118 e. The number of piperazine rings is 1. The van der Waals surface area contributed by atoms with Gasteiger partial charge < -0.3 is 15.4 Å². The van der Waals surface area contributed by atoms with Gasteiger partial charge in [-0.2, -0.15) is 0 Å². The third-order valence-electron chi connectivity index (χ3n) is 4.59. The Morgan fingerprint density at radius 2 is 1.90 bits per heavy atom. The molecule has 1 aliphatic rings. The molecule has 1 aromatic carbocycles. The number of nitrogens with two attached hydrogens (primary N) is 1. The molecule has 1 aromatic rings. The first kappa shape index (κ1) is 15.3. The quantitative estimate of drug-likeness (QED) is 0.910. The topological polar surface area (TPSA) is 41.7 Å². The van der Waals surface area contributed by atoms with Gasteiger partial charge in [-0.1, -0.05) is 12.1 Å².